The van der Waals surface area contributed by atoms with Gasteiger partial charge in [-0.15, -0.1) is 0 Å². The summed E-state index contributed by atoms with van der Waals surface area (Å²) >= 11 is 1.97. The lowest BCUT2D eigenvalue weighted by Gasteiger charge is -2.42. The molecule has 1 aromatic rings. The number of phenolic OH excluding ortho intramolecular Hbond substituents is 1. The van der Waals surface area contributed by atoms with E-state index >= 15 is 0 Å². The molecule has 2 saturated heterocycles. The number of halogens is 1. The fraction of sp³-hybridized carbons (Fsp3) is 0.542. The Bertz CT molecular complexity index is 1090. The number of aliphatic hydroxyl groups is 1. The molecule has 0 radical (unpaired) electrons. The number of methoxy groups -OCH3 is 1. The molecule has 3 aliphatic rings. The molecule has 12 heteroatoms. The van der Waals surface area contributed by atoms with Gasteiger partial charge in [0.2, 0.25) is 11.8 Å². The minimum Gasteiger partial charge on any atom is -0.504 e. The number of nitrogens with zero attached hydrogens (tertiary/aromatic N) is 1. The number of aromatic hydroxyl groups is 1. The van der Waals surface area contributed by atoms with Gasteiger partial charge in [0.05, 0.1) is 35.2 Å². The van der Waals surface area contributed by atoms with Crippen LogP contribution in [-0.4, -0.2) is 70.4 Å². The molecule has 36 heavy (non-hydrogen) atoms. The molecule has 0 unspecified atom stereocenters. The first-order valence-electron chi connectivity index (χ1n) is 12.0. The van der Waals surface area contributed by atoms with Crippen LogP contribution in [0.4, 0.5) is 0 Å². The van der Waals surface area contributed by atoms with Gasteiger partial charge in [-0.2, -0.15) is 0 Å². The van der Waals surface area contributed by atoms with Crippen molar-refractivity contribution < 1.29 is 44.1 Å². The third-order valence-electron chi connectivity index (χ3n) is 7.41. The minimum atomic E-state index is -1.35. The van der Waals surface area contributed by atoms with E-state index < -0.39 is 36.9 Å². The number of benzene rings is 1. The lowest BCUT2D eigenvalue weighted by molar-refractivity contribution is -0.141. The Morgan fingerprint density at radius 1 is 1.22 bits per heavy atom. The number of amides is 2. The van der Waals surface area contributed by atoms with Gasteiger partial charge in [0, 0.05) is 13.0 Å². The zero-order chi connectivity index (χ0) is 26.1. The maximum absolute atomic E-state index is 13.5. The number of ether oxygens (including phenoxy) is 1. The number of hydrogen-bond donors (Lipinski definition) is 4. The number of hydrogen-bond acceptors (Lipinski definition) is 8. The molecule has 2 fully saturated rings. The largest absolute Gasteiger partial charge is 0.504 e. The number of carbonyl (C=O) groups is 3. The van der Waals surface area contributed by atoms with Crippen LogP contribution in [0.2, 0.25) is 0 Å². The lowest BCUT2D eigenvalue weighted by Crippen LogP contribution is -2.45. The first kappa shape index (κ1) is 26.9. The molecule has 194 valence electrons. The summed E-state index contributed by atoms with van der Waals surface area (Å²) in [6.45, 7) is -0.127. The van der Waals surface area contributed by atoms with Crippen LogP contribution in [0.5, 0.6) is 11.5 Å². The van der Waals surface area contributed by atoms with Crippen molar-refractivity contribution in [2.75, 3.05) is 20.3 Å². The molecule has 10 nitrogen and oxygen atoms in total. The fourth-order valence-corrected chi connectivity index (χ4v) is 6.34. The molecule has 2 heterocycles. The Kier molecular flexibility index (Phi) is 8.27. The van der Waals surface area contributed by atoms with Gasteiger partial charge in [-0.25, -0.2) is 0 Å². The first-order valence-corrected chi connectivity index (χ1v) is 13.0. The smallest absolute Gasteiger partial charge is 0.487 e. The van der Waals surface area contributed by atoms with Crippen molar-refractivity contribution in [3.8, 4) is 11.5 Å². The highest BCUT2D eigenvalue weighted by molar-refractivity contribution is 14.1. The predicted octanol–water partition coefficient (Wildman–Crippen LogP) is 2.04. The van der Waals surface area contributed by atoms with Crippen molar-refractivity contribution in [3.05, 3.63) is 32.3 Å². The van der Waals surface area contributed by atoms with Crippen LogP contribution in [0.15, 0.2) is 23.2 Å². The summed E-state index contributed by atoms with van der Waals surface area (Å²) in [6.07, 6.45) is 1.49. The number of likely N-dealkylation sites (tertiary alicyclic amines) is 1. The minimum absolute atomic E-state index is 0.00495. The second kappa shape index (κ2) is 11.1. The highest BCUT2D eigenvalue weighted by Gasteiger charge is 2.57. The van der Waals surface area contributed by atoms with E-state index in [0.717, 1.165) is 0 Å². The molecule has 0 aromatic heterocycles. The van der Waals surface area contributed by atoms with Crippen molar-refractivity contribution in [1.29, 1.82) is 0 Å². The number of aliphatic carboxylic acids is 1. The Hall–Kier alpha value is -2.16. The molecule has 4 atom stereocenters. The molecule has 2 aliphatic heterocycles. The van der Waals surface area contributed by atoms with Crippen molar-refractivity contribution in [2.24, 2.45) is 17.8 Å². The molecule has 2 amide bonds. The molecule has 0 spiro atoms. The van der Waals surface area contributed by atoms with Gasteiger partial charge >= 0.3 is 13.1 Å². The molecule has 4 rings (SSSR count). The Labute approximate surface area is 222 Å². The summed E-state index contributed by atoms with van der Waals surface area (Å²) in [5.41, 5.74) is 1.65. The Balaban J connectivity index is 1.59. The van der Waals surface area contributed by atoms with Crippen LogP contribution < -0.4 is 4.74 Å². The number of carboxylic acid groups (broad SMARTS) is 1. The molecule has 0 bridgehead atoms. The van der Waals surface area contributed by atoms with Crippen LogP contribution in [0.1, 0.15) is 50.2 Å². The van der Waals surface area contributed by atoms with Gasteiger partial charge in [-0.1, -0.05) is 6.42 Å². The quantitative estimate of drug-likeness (QED) is 0.142. The van der Waals surface area contributed by atoms with Crippen LogP contribution >= 0.6 is 22.6 Å². The van der Waals surface area contributed by atoms with E-state index in [1.165, 1.54) is 12.0 Å². The zero-order valence-electron chi connectivity index (χ0n) is 19.9. The van der Waals surface area contributed by atoms with Crippen molar-refractivity contribution in [3.63, 3.8) is 0 Å². The predicted molar refractivity (Wildman–Crippen MR) is 136 cm³/mol. The topological polar surface area (TPSA) is 154 Å². The summed E-state index contributed by atoms with van der Waals surface area (Å²) in [4.78, 5) is 38.7. The Morgan fingerprint density at radius 2 is 1.97 bits per heavy atom. The van der Waals surface area contributed by atoms with Crippen LogP contribution in [0, 0.1) is 21.3 Å². The fourth-order valence-electron chi connectivity index (χ4n) is 5.72. The molecule has 1 aromatic carbocycles. The summed E-state index contributed by atoms with van der Waals surface area (Å²) in [5.74, 6) is -2.98. The monoisotopic (exact) mass is 613 g/mol. The van der Waals surface area contributed by atoms with Crippen molar-refractivity contribution in [2.45, 2.75) is 44.6 Å². The number of rotatable bonds is 9. The van der Waals surface area contributed by atoms with Gasteiger partial charge in [0.1, 0.15) is 0 Å². The van der Waals surface area contributed by atoms with E-state index in [1.807, 2.05) is 22.6 Å². The van der Waals surface area contributed by atoms with Gasteiger partial charge < -0.3 is 29.7 Å². The van der Waals surface area contributed by atoms with Crippen LogP contribution in [-0.2, 0) is 19.0 Å². The summed E-state index contributed by atoms with van der Waals surface area (Å²) < 4.78 is 11.7. The van der Waals surface area contributed by atoms with E-state index in [4.69, 9.17) is 14.5 Å². The van der Waals surface area contributed by atoms with E-state index in [1.54, 1.807) is 12.1 Å². The molecular formula is C24H29BINO9. The molecule has 1 aliphatic carbocycles. The zero-order valence-corrected chi connectivity index (χ0v) is 22.0. The third kappa shape index (κ3) is 5.00. The summed E-state index contributed by atoms with van der Waals surface area (Å²) in [6, 6.07) is 3.35. The number of unbranched alkanes of at least 4 members (excludes halogenated alkanes) is 2. The molecule has 4 N–H and O–H groups in total. The second-order valence-corrected chi connectivity index (χ2v) is 10.6. The SMILES string of the molecule is COc1cc([C@@H]2C[C@@H]3C(=C(CO)C[C@@H]4C(=O)N(CCCCCC(=O)O)C(=O)[C@@H]43)B(O)O2)cc(I)c1O. The van der Waals surface area contributed by atoms with E-state index in [2.05, 4.69) is 0 Å². The maximum atomic E-state index is 13.5. The van der Waals surface area contributed by atoms with Gasteiger partial charge in [-0.3, -0.25) is 19.3 Å². The van der Waals surface area contributed by atoms with Crippen LogP contribution in [0.3, 0.4) is 0 Å². The van der Waals surface area contributed by atoms with E-state index in [-0.39, 0.29) is 49.3 Å². The number of carbonyl (C=O) groups excluding carboxylic acids is 2. The van der Waals surface area contributed by atoms with E-state index in [0.29, 0.717) is 45.9 Å². The second-order valence-electron chi connectivity index (χ2n) is 9.46. The highest BCUT2D eigenvalue weighted by atomic mass is 127. The lowest BCUT2D eigenvalue weighted by atomic mass is 9.55. The highest BCUT2D eigenvalue weighted by Crippen LogP contribution is 2.52. The van der Waals surface area contributed by atoms with Crippen molar-refractivity contribution >= 4 is 47.5 Å². The number of carboxylic acids is 1. The molecule has 0 saturated carbocycles. The maximum Gasteiger partial charge on any atom is 0.487 e. The number of fused-ring (bicyclic) bond motifs is 3. The van der Waals surface area contributed by atoms with Gasteiger partial charge in [-0.05, 0) is 82.9 Å². The third-order valence-corrected chi connectivity index (χ3v) is 8.23. The Morgan fingerprint density at radius 3 is 2.64 bits per heavy atom. The average molecular weight is 613 g/mol. The van der Waals surface area contributed by atoms with Crippen molar-refractivity contribution in [1.82, 2.24) is 4.90 Å². The first-order chi connectivity index (χ1) is 17.2. The van der Waals surface area contributed by atoms with Gasteiger partial charge in [0.15, 0.2) is 11.5 Å². The normalized spacial score (nSPS) is 25.8. The number of imide groups is 1. The van der Waals surface area contributed by atoms with Crippen LogP contribution in [0.25, 0.3) is 0 Å². The van der Waals surface area contributed by atoms with E-state index in [9.17, 15) is 29.6 Å². The standard InChI is InChI=1S/C24H29BINO9/c1-35-18-9-12(8-16(26)22(18)31)17-10-14-20-15(7-13(11-28)21(14)25(34)36-17)23(32)27(24(20)33)6-4-2-3-5-19(29)30/h8-9,14-15,17,20,28,31,34H,2-7,10-11H2,1H3,(H,29,30)/t14-,15-,17-,20+/m0/s1. The summed E-state index contributed by atoms with van der Waals surface area (Å²) in [7, 11) is 0.0901. The summed E-state index contributed by atoms with van der Waals surface area (Å²) in [5, 5.41) is 40.0. The average Bonchev–Trinajstić information content (AvgIpc) is 3.09. The number of phenols is 1. The molecular weight excluding hydrogens is 584 g/mol. The number of aliphatic hydroxyl groups excluding tert-OH is 1. The number of allylic oxidation sites excluding steroid dienone is 1. The van der Waals surface area contributed by atoms with Gasteiger partial charge in [0.25, 0.3) is 0 Å².